The standard InChI is InChI=1S/C18H20N6OS/c25-16-15-12-3-1-4-13(12)26-17(15)22-14(21-16)11-23-7-9-24(10-8-23)18-19-5-2-6-20-18/h2,5-6H,1,3-4,7-11H2,(H,21,22,25)/p+1. The molecule has 7 nitrogen and oxygen atoms in total. The summed E-state index contributed by atoms with van der Waals surface area (Å²) < 4.78 is 0. The van der Waals surface area contributed by atoms with Crippen LogP contribution in [0, 0.1) is 0 Å². The highest BCUT2D eigenvalue weighted by molar-refractivity contribution is 7.18. The van der Waals surface area contributed by atoms with Crippen LogP contribution in [0.1, 0.15) is 22.7 Å². The molecule has 134 valence electrons. The van der Waals surface area contributed by atoms with E-state index in [0.29, 0.717) is 0 Å². The number of quaternary nitrogens is 1. The average Bonchev–Trinajstić information content (AvgIpc) is 3.24. The van der Waals surface area contributed by atoms with Gasteiger partial charge in [0.25, 0.3) is 5.56 Å². The molecule has 0 atom stereocenters. The minimum Gasteiger partial charge on any atom is -0.330 e. The van der Waals surface area contributed by atoms with Gasteiger partial charge in [-0.05, 0) is 30.9 Å². The van der Waals surface area contributed by atoms with Crippen LogP contribution in [0.3, 0.4) is 0 Å². The molecule has 0 amide bonds. The lowest BCUT2D eigenvalue weighted by molar-refractivity contribution is -0.915. The third-order valence-corrected chi connectivity index (χ3v) is 6.53. The van der Waals surface area contributed by atoms with Crippen LogP contribution in [0.25, 0.3) is 10.2 Å². The van der Waals surface area contributed by atoms with Crippen molar-refractivity contribution < 1.29 is 4.90 Å². The number of aromatic amines is 1. The Labute approximate surface area is 154 Å². The molecule has 1 saturated heterocycles. The maximum Gasteiger partial charge on any atom is 0.260 e. The number of aromatic nitrogens is 4. The number of piperazine rings is 1. The molecule has 5 rings (SSSR count). The minimum atomic E-state index is 0.0418. The van der Waals surface area contributed by atoms with Gasteiger partial charge in [-0.15, -0.1) is 11.3 Å². The largest absolute Gasteiger partial charge is 0.330 e. The fourth-order valence-corrected chi connectivity index (χ4v) is 5.30. The lowest BCUT2D eigenvalue weighted by Gasteiger charge is -2.31. The van der Waals surface area contributed by atoms with Crippen LogP contribution in [0.5, 0.6) is 0 Å². The molecular formula is C18H21N6OS+. The highest BCUT2D eigenvalue weighted by atomic mass is 32.1. The maximum atomic E-state index is 12.6. The normalized spacial score (nSPS) is 17.8. The van der Waals surface area contributed by atoms with E-state index in [1.807, 2.05) is 6.07 Å². The van der Waals surface area contributed by atoms with Crippen molar-refractivity contribution in [3.05, 3.63) is 45.1 Å². The lowest BCUT2D eigenvalue weighted by atomic mass is 10.2. The summed E-state index contributed by atoms with van der Waals surface area (Å²) in [6, 6.07) is 1.84. The average molecular weight is 369 g/mol. The molecule has 0 spiro atoms. The van der Waals surface area contributed by atoms with E-state index in [1.165, 1.54) is 15.3 Å². The van der Waals surface area contributed by atoms with Gasteiger partial charge in [0.15, 0.2) is 5.82 Å². The van der Waals surface area contributed by atoms with E-state index in [9.17, 15) is 4.79 Å². The fraction of sp³-hybridized carbons (Fsp3) is 0.444. The Balaban J connectivity index is 1.31. The highest BCUT2D eigenvalue weighted by Gasteiger charge is 2.24. The molecule has 0 saturated carbocycles. The third-order valence-electron chi connectivity index (χ3n) is 5.35. The third kappa shape index (κ3) is 2.79. The Morgan fingerprint density at radius 1 is 1.19 bits per heavy atom. The molecule has 2 aliphatic rings. The van der Waals surface area contributed by atoms with Crippen molar-refractivity contribution in [1.29, 1.82) is 0 Å². The highest BCUT2D eigenvalue weighted by Crippen LogP contribution is 2.34. The molecule has 0 bridgehead atoms. The van der Waals surface area contributed by atoms with Crippen molar-refractivity contribution in [3.8, 4) is 0 Å². The Bertz CT molecular complexity index is 990. The second-order valence-electron chi connectivity index (χ2n) is 7.01. The molecule has 8 heteroatoms. The molecule has 0 radical (unpaired) electrons. The second-order valence-corrected chi connectivity index (χ2v) is 8.10. The lowest BCUT2D eigenvalue weighted by Crippen LogP contribution is -3.13. The number of H-pyrrole nitrogens is 1. The SMILES string of the molecule is O=c1[nH]c(C[NH+]2CCN(c3ncccn3)CC2)nc2sc3c(c12)CCC3. The van der Waals surface area contributed by atoms with Gasteiger partial charge in [-0.25, -0.2) is 15.0 Å². The Hall–Kier alpha value is -2.32. The summed E-state index contributed by atoms with van der Waals surface area (Å²) in [6.45, 7) is 4.57. The van der Waals surface area contributed by atoms with Crippen molar-refractivity contribution in [2.75, 3.05) is 31.1 Å². The van der Waals surface area contributed by atoms with Crippen molar-refractivity contribution in [2.24, 2.45) is 0 Å². The monoisotopic (exact) mass is 369 g/mol. The number of anilines is 1. The molecule has 1 fully saturated rings. The second kappa shape index (κ2) is 6.44. The van der Waals surface area contributed by atoms with Crippen molar-refractivity contribution in [2.45, 2.75) is 25.8 Å². The van der Waals surface area contributed by atoms with Crippen LogP contribution in [-0.4, -0.2) is 46.1 Å². The number of fused-ring (bicyclic) bond motifs is 3. The van der Waals surface area contributed by atoms with Crippen LogP contribution in [-0.2, 0) is 19.4 Å². The molecule has 3 aromatic rings. The number of nitrogens with one attached hydrogen (secondary N) is 2. The van der Waals surface area contributed by atoms with E-state index >= 15 is 0 Å². The van der Waals surface area contributed by atoms with Gasteiger partial charge in [-0.1, -0.05) is 0 Å². The first-order valence-corrected chi connectivity index (χ1v) is 9.98. The number of hydrogen-bond acceptors (Lipinski definition) is 6. The van der Waals surface area contributed by atoms with E-state index in [0.717, 1.165) is 74.0 Å². The summed E-state index contributed by atoms with van der Waals surface area (Å²) in [7, 11) is 0. The van der Waals surface area contributed by atoms with Crippen molar-refractivity contribution >= 4 is 27.5 Å². The fourth-order valence-electron chi connectivity index (χ4n) is 4.02. The Kier molecular flexibility index (Phi) is 3.94. The van der Waals surface area contributed by atoms with Gasteiger partial charge in [0, 0.05) is 17.3 Å². The molecule has 1 aliphatic heterocycles. The maximum absolute atomic E-state index is 12.6. The molecule has 2 N–H and O–H groups in total. The van der Waals surface area contributed by atoms with Gasteiger partial charge >= 0.3 is 0 Å². The minimum absolute atomic E-state index is 0.0418. The molecule has 0 aromatic carbocycles. The summed E-state index contributed by atoms with van der Waals surface area (Å²) in [4.78, 5) is 35.0. The Morgan fingerprint density at radius 2 is 2.00 bits per heavy atom. The van der Waals surface area contributed by atoms with E-state index < -0.39 is 0 Å². The molecule has 1 aliphatic carbocycles. The van der Waals surface area contributed by atoms with E-state index in [2.05, 4.69) is 19.9 Å². The molecule has 0 unspecified atom stereocenters. The van der Waals surface area contributed by atoms with Crippen molar-refractivity contribution in [3.63, 3.8) is 0 Å². The number of thiophene rings is 1. The summed E-state index contributed by atoms with van der Waals surface area (Å²) in [5.74, 6) is 1.61. The van der Waals surface area contributed by atoms with Gasteiger partial charge in [-0.3, -0.25) is 4.79 Å². The van der Waals surface area contributed by atoms with Gasteiger partial charge in [0.05, 0.1) is 31.6 Å². The first kappa shape index (κ1) is 15.9. The zero-order chi connectivity index (χ0) is 17.5. The smallest absolute Gasteiger partial charge is 0.260 e. The quantitative estimate of drug-likeness (QED) is 0.688. The molecule has 26 heavy (non-hydrogen) atoms. The van der Waals surface area contributed by atoms with Crippen molar-refractivity contribution in [1.82, 2.24) is 19.9 Å². The van der Waals surface area contributed by atoms with Crippen LogP contribution in [0.2, 0.25) is 0 Å². The number of aryl methyl sites for hydroxylation is 2. The molecule has 3 aromatic heterocycles. The number of rotatable bonds is 3. The zero-order valence-electron chi connectivity index (χ0n) is 14.5. The van der Waals surface area contributed by atoms with Gasteiger partial charge in [-0.2, -0.15) is 0 Å². The molecular weight excluding hydrogens is 348 g/mol. The molecule has 4 heterocycles. The van der Waals surface area contributed by atoms with E-state index in [1.54, 1.807) is 23.7 Å². The predicted octanol–water partition coefficient (Wildman–Crippen LogP) is 0.168. The number of hydrogen-bond donors (Lipinski definition) is 2. The summed E-state index contributed by atoms with van der Waals surface area (Å²) in [6.07, 6.45) is 6.85. The Morgan fingerprint density at radius 3 is 2.81 bits per heavy atom. The number of nitrogens with zero attached hydrogens (tertiary/aromatic N) is 4. The van der Waals surface area contributed by atoms with Crippen LogP contribution >= 0.6 is 11.3 Å². The van der Waals surface area contributed by atoms with E-state index in [4.69, 9.17) is 4.98 Å². The van der Waals surface area contributed by atoms with Crippen LogP contribution in [0.4, 0.5) is 5.95 Å². The summed E-state index contributed by atoms with van der Waals surface area (Å²) in [5, 5.41) is 0.840. The van der Waals surface area contributed by atoms with Gasteiger partial charge in [0.2, 0.25) is 5.95 Å². The summed E-state index contributed by atoms with van der Waals surface area (Å²) in [5.41, 5.74) is 1.29. The van der Waals surface area contributed by atoms with E-state index in [-0.39, 0.29) is 5.56 Å². The van der Waals surface area contributed by atoms with Crippen LogP contribution in [0.15, 0.2) is 23.3 Å². The predicted molar refractivity (Wildman–Crippen MR) is 101 cm³/mol. The van der Waals surface area contributed by atoms with Gasteiger partial charge in [0.1, 0.15) is 11.4 Å². The summed E-state index contributed by atoms with van der Waals surface area (Å²) >= 11 is 1.71. The van der Waals surface area contributed by atoms with Gasteiger partial charge < -0.3 is 14.8 Å². The van der Waals surface area contributed by atoms with Crippen LogP contribution < -0.4 is 15.4 Å². The zero-order valence-corrected chi connectivity index (χ0v) is 15.3. The first-order valence-electron chi connectivity index (χ1n) is 9.17. The topological polar surface area (TPSA) is 79.2 Å². The first-order chi connectivity index (χ1) is 12.8.